The van der Waals surface area contributed by atoms with Gasteiger partial charge in [0.15, 0.2) is 5.82 Å². The monoisotopic (exact) mass is 264 g/mol. The van der Waals surface area contributed by atoms with E-state index in [1.165, 1.54) is 12.3 Å². The lowest BCUT2D eigenvalue weighted by Crippen LogP contribution is -2.02. The van der Waals surface area contributed by atoms with Crippen LogP contribution in [-0.4, -0.2) is 14.6 Å². The number of aromatic nitrogens is 3. The summed E-state index contributed by atoms with van der Waals surface area (Å²) in [5.41, 5.74) is 5.65. The van der Waals surface area contributed by atoms with E-state index in [2.05, 4.69) is 10.1 Å². The maximum atomic E-state index is 13.7. The van der Waals surface area contributed by atoms with E-state index < -0.39 is 17.5 Å². The number of anilines is 1. The van der Waals surface area contributed by atoms with Crippen molar-refractivity contribution in [1.82, 2.24) is 14.6 Å². The summed E-state index contributed by atoms with van der Waals surface area (Å²) in [5, 5.41) is 3.82. The number of rotatable bonds is 1. The van der Waals surface area contributed by atoms with Crippen LogP contribution in [0.5, 0.6) is 0 Å². The van der Waals surface area contributed by atoms with Crippen molar-refractivity contribution < 1.29 is 13.2 Å². The van der Waals surface area contributed by atoms with Crippen LogP contribution in [-0.2, 0) is 0 Å². The summed E-state index contributed by atoms with van der Waals surface area (Å²) in [6, 6.07) is 4.11. The third kappa shape index (κ3) is 1.79. The summed E-state index contributed by atoms with van der Waals surface area (Å²) in [5.74, 6) is -2.21. The molecule has 7 heteroatoms. The predicted molar refractivity (Wildman–Crippen MR) is 62.7 cm³/mol. The molecule has 0 aliphatic rings. The second-order valence-corrected chi connectivity index (χ2v) is 3.92. The van der Waals surface area contributed by atoms with Gasteiger partial charge in [-0.1, -0.05) is 0 Å². The molecule has 0 saturated heterocycles. The molecule has 2 heterocycles. The van der Waals surface area contributed by atoms with E-state index in [1.807, 2.05) is 0 Å². The summed E-state index contributed by atoms with van der Waals surface area (Å²) in [6.45, 7) is 0. The second-order valence-electron chi connectivity index (χ2n) is 3.92. The van der Waals surface area contributed by atoms with Crippen molar-refractivity contribution in [3.8, 4) is 11.3 Å². The topological polar surface area (TPSA) is 56.2 Å². The molecule has 0 aliphatic heterocycles. The van der Waals surface area contributed by atoms with Crippen LogP contribution in [0.15, 0.2) is 30.5 Å². The lowest BCUT2D eigenvalue weighted by molar-refractivity contribution is 0.585. The first kappa shape index (κ1) is 11.5. The highest BCUT2D eigenvalue weighted by Gasteiger charge is 2.15. The van der Waals surface area contributed by atoms with Gasteiger partial charge in [-0.05, 0) is 12.1 Å². The number of nitrogen functional groups attached to an aromatic ring is 1. The maximum absolute atomic E-state index is 13.7. The quantitative estimate of drug-likeness (QED) is 0.734. The van der Waals surface area contributed by atoms with Crippen LogP contribution in [0.25, 0.3) is 16.8 Å². The minimum absolute atomic E-state index is 0.0263. The normalized spacial score (nSPS) is 11.1. The van der Waals surface area contributed by atoms with Crippen molar-refractivity contribution in [2.45, 2.75) is 0 Å². The fourth-order valence-corrected chi connectivity index (χ4v) is 1.85. The largest absolute Gasteiger partial charge is 0.367 e. The van der Waals surface area contributed by atoms with Crippen LogP contribution in [0.1, 0.15) is 0 Å². The number of benzene rings is 1. The summed E-state index contributed by atoms with van der Waals surface area (Å²) in [6.07, 6.45) is 1.20. The Morgan fingerprint density at radius 2 is 1.84 bits per heavy atom. The van der Waals surface area contributed by atoms with Crippen LogP contribution < -0.4 is 5.73 Å². The molecule has 0 atom stereocenters. The Kier molecular flexibility index (Phi) is 2.41. The first-order valence-electron chi connectivity index (χ1n) is 5.31. The summed E-state index contributed by atoms with van der Waals surface area (Å²) >= 11 is 0. The lowest BCUT2D eigenvalue weighted by Gasteiger charge is -2.03. The van der Waals surface area contributed by atoms with Gasteiger partial charge >= 0.3 is 0 Å². The van der Waals surface area contributed by atoms with E-state index in [0.717, 1.165) is 22.7 Å². The Morgan fingerprint density at radius 1 is 1.05 bits per heavy atom. The zero-order chi connectivity index (χ0) is 13.6. The van der Waals surface area contributed by atoms with Gasteiger partial charge in [-0.3, -0.25) is 0 Å². The average molecular weight is 264 g/mol. The average Bonchev–Trinajstić information content (AvgIpc) is 2.66. The van der Waals surface area contributed by atoms with Crippen LogP contribution >= 0.6 is 0 Å². The molecule has 2 aromatic heterocycles. The third-order valence-corrected chi connectivity index (χ3v) is 2.69. The minimum atomic E-state index is -0.809. The molecule has 1 aromatic carbocycles. The molecule has 19 heavy (non-hydrogen) atoms. The molecule has 96 valence electrons. The van der Waals surface area contributed by atoms with Crippen molar-refractivity contribution in [3.05, 3.63) is 47.9 Å². The Morgan fingerprint density at radius 3 is 2.58 bits per heavy atom. The molecule has 0 bridgehead atoms. The molecule has 0 amide bonds. The molecule has 3 aromatic rings. The number of nitrogens with two attached hydrogens (primary N) is 1. The van der Waals surface area contributed by atoms with Gasteiger partial charge in [-0.2, -0.15) is 0 Å². The van der Waals surface area contributed by atoms with E-state index in [4.69, 9.17) is 5.73 Å². The zero-order valence-electron chi connectivity index (χ0n) is 9.44. The maximum Gasteiger partial charge on any atom is 0.238 e. The van der Waals surface area contributed by atoms with Gasteiger partial charge in [0.1, 0.15) is 17.2 Å². The van der Waals surface area contributed by atoms with Crippen molar-refractivity contribution in [2.24, 2.45) is 0 Å². The fraction of sp³-hybridized carbons (Fsp3) is 0. The summed E-state index contributed by atoms with van der Waals surface area (Å²) in [7, 11) is 0. The summed E-state index contributed by atoms with van der Waals surface area (Å²) < 4.78 is 41.4. The van der Waals surface area contributed by atoms with Crippen LogP contribution in [0.4, 0.5) is 19.1 Å². The molecular formula is C12H7F3N4. The Balaban J connectivity index is 2.33. The Labute approximate surface area is 105 Å². The van der Waals surface area contributed by atoms with Crippen molar-refractivity contribution in [2.75, 3.05) is 5.73 Å². The Hall–Kier alpha value is -2.57. The number of nitrogens with zero attached hydrogens (tertiary/aromatic N) is 3. The van der Waals surface area contributed by atoms with Crippen molar-refractivity contribution >= 4 is 11.5 Å². The number of fused-ring (bicyclic) bond motifs is 1. The SMILES string of the molecule is Nc1ncc2c(F)cc(-c3ccc(F)cc3F)n2n1. The van der Waals surface area contributed by atoms with Crippen LogP contribution in [0.2, 0.25) is 0 Å². The predicted octanol–water partition coefficient (Wildman–Crippen LogP) is 2.40. The molecule has 0 spiro atoms. The fourth-order valence-electron chi connectivity index (χ4n) is 1.85. The number of hydrogen-bond donors (Lipinski definition) is 1. The first-order valence-corrected chi connectivity index (χ1v) is 5.31. The number of hydrogen-bond acceptors (Lipinski definition) is 3. The van der Waals surface area contributed by atoms with E-state index in [-0.39, 0.29) is 22.7 Å². The molecule has 0 unspecified atom stereocenters. The van der Waals surface area contributed by atoms with Crippen LogP contribution in [0, 0.1) is 17.5 Å². The second kappa shape index (κ2) is 3.98. The summed E-state index contributed by atoms with van der Waals surface area (Å²) in [4.78, 5) is 3.66. The highest BCUT2D eigenvalue weighted by molar-refractivity contribution is 5.67. The van der Waals surface area contributed by atoms with E-state index in [0.29, 0.717) is 0 Å². The van der Waals surface area contributed by atoms with Crippen LogP contribution in [0.3, 0.4) is 0 Å². The van der Waals surface area contributed by atoms with Gasteiger partial charge in [-0.25, -0.2) is 22.7 Å². The van der Waals surface area contributed by atoms with Crippen molar-refractivity contribution in [1.29, 1.82) is 0 Å². The molecule has 0 saturated carbocycles. The van der Waals surface area contributed by atoms with Gasteiger partial charge in [0, 0.05) is 17.7 Å². The van der Waals surface area contributed by atoms with Crippen molar-refractivity contribution in [3.63, 3.8) is 0 Å². The lowest BCUT2D eigenvalue weighted by atomic mass is 10.1. The van der Waals surface area contributed by atoms with E-state index >= 15 is 0 Å². The third-order valence-electron chi connectivity index (χ3n) is 2.69. The molecule has 0 fully saturated rings. The number of halogens is 3. The molecular weight excluding hydrogens is 257 g/mol. The molecule has 2 N–H and O–H groups in total. The standard InChI is InChI=1S/C12H7F3N4/c13-6-1-2-7(8(14)3-6)10-4-9(15)11-5-17-12(16)18-19(10)11/h1-5H,(H2,16,18). The highest BCUT2D eigenvalue weighted by atomic mass is 19.1. The molecule has 3 rings (SSSR count). The molecule has 4 nitrogen and oxygen atoms in total. The minimum Gasteiger partial charge on any atom is -0.367 e. The van der Waals surface area contributed by atoms with Gasteiger partial charge < -0.3 is 5.73 Å². The van der Waals surface area contributed by atoms with Gasteiger partial charge in [-0.15, -0.1) is 5.10 Å². The Bertz CT molecular complexity index is 782. The van der Waals surface area contributed by atoms with E-state index in [1.54, 1.807) is 0 Å². The van der Waals surface area contributed by atoms with E-state index in [9.17, 15) is 13.2 Å². The van der Waals surface area contributed by atoms with Gasteiger partial charge in [0.2, 0.25) is 5.95 Å². The first-order chi connectivity index (χ1) is 9.06. The highest BCUT2D eigenvalue weighted by Crippen LogP contribution is 2.27. The van der Waals surface area contributed by atoms with Gasteiger partial charge in [0.25, 0.3) is 0 Å². The zero-order valence-corrected chi connectivity index (χ0v) is 9.44. The smallest absolute Gasteiger partial charge is 0.238 e. The molecule has 0 aliphatic carbocycles. The molecule has 0 radical (unpaired) electrons. The van der Waals surface area contributed by atoms with Gasteiger partial charge in [0.05, 0.1) is 11.9 Å².